The summed E-state index contributed by atoms with van der Waals surface area (Å²) in [5.74, 6) is 1.95. The Morgan fingerprint density at radius 2 is 1.32 bits per heavy atom. The van der Waals surface area contributed by atoms with Gasteiger partial charge in [-0.15, -0.1) is 0 Å². The van der Waals surface area contributed by atoms with E-state index in [1.807, 2.05) is 0 Å². The van der Waals surface area contributed by atoms with E-state index >= 15 is 0 Å². The number of fused-ring (bicyclic) bond motifs is 1. The summed E-state index contributed by atoms with van der Waals surface area (Å²) >= 11 is 0. The Hall–Kier alpha value is -0.780. The van der Waals surface area contributed by atoms with E-state index in [1.54, 1.807) is 43.2 Å². The van der Waals surface area contributed by atoms with Crippen molar-refractivity contribution in [1.82, 2.24) is 0 Å². The fourth-order valence-electron chi connectivity index (χ4n) is 8.43. The fraction of sp³-hybridized carbons (Fsp3) is 0.786. The summed E-state index contributed by atoms with van der Waals surface area (Å²) in [6.45, 7) is 0. The molecule has 0 heteroatoms. The summed E-state index contributed by atoms with van der Waals surface area (Å²) in [6.07, 6.45) is 27.2. The minimum absolute atomic E-state index is 0.639. The van der Waals surface area contributed by atoms with E-state index in [1.165, 1.54) is 83.5 Å². The van der Waals surface area contributed by atoms with Crippen LogP contribution in [0, 0.1) is 16.7 Å². The third-order valence-electron chi connectivity index (χ3n) is 9.80. The van der Waals surface area contributed by atoms with Crippen LogP contribution >= 0.6 is 0 Å². The van der Waals surface area contributed by atoms with Crippen LogP contribution in [0.5, 0.6) is 0 Å². The molecule has 28 heavy (non-hydrogen) atoms. The van der Waals surface area contributed by atoms with Gasteiger partial charge in [-0.05, 0) is 91.6 Å². The normalized spacial score (nSPS) is 30.7. The molecule has 1 aromatic rings. The summed E-state index contributed by atoms with van der Waals surface area (Å²) in [6, 6.07) is 9.51. The molecule has 0 saturated heterocycles. The lowest BCUT2D eigenvalue weighted by atomic mass is 9.64. The standard InChI is InChI=1S/C28H42/c1-7-17-27(18-8-1)21-11-14-24(27)13-4-6-16-26-25-15-5-3-12-23(25)22-28(26)19-9-2-10-20-28/h3,5,12,15,24,26H,1-2,4,6-11,13-14,16-22H2. The Labute approximate surface area is 173 Å². The highest BCUT2D eigenvalue weighted by atomic mass is 14.5. The number of rotatable bonds is 5. The third kappa shape index (κ3) is 3.48. The predicted molar refractivity (Wildman–Crippen MR) is 120 cm³/mol. The molecule has 0 N–H and O–H groups in total. The van der Waals surface area contributed by atoms with Gasteiger partial charge >= 0.3 is 0 Å². The molecule has 2 unspecified atom stereocenters. The van der Waals surface area contributed by atoms with Crippen LogP contribution in [-0.2, 0) is 6.42 Å². The molecule has 3 fully saturated rings. The predicted octanol–water partition coefficient (Wildman–Crippen LogP) is 8.59. The fourth-order valence-corrected chi connectivity index (χ4v) is 8.43. The van der Waals surface area contributed by atoms with Crippen molar-refractivity contribution >= 4 is 0 Å². The van der Waals surface area contributed by atoms with E-state index in [9.17, 15) is 0 Å². The first-order valence-corrected chi connectivity index (χ1v) is 12.9. The second-order valence-corrected chi connectivity index (χ2v) is 11.1. The summed E-state index contributed by atoms with van der Waals surface area (Å²) in [5, 5.41) is 0. The second kappa shape index (κ2) is 8.16. The maximum atomic E-state index is 2.48. The molecule has 0 aromatic heterocycles. The highest BCUT2D eigenvalue weighted by Crippen LogP contribution is 2.58. The van der Waals surface area contributed by atoms with E-state index in [0.717, 1.165) is 17.3 Å². The molecule has 4 aliphatic rings. The number of hydrogen-bond acceptors (Lipinski definition) is 0. The average Bonchev–Trinajstić information content (AvgIpc) is 3.25. The zero-order chi connectivity index (χ0) is 18.9. The summed E-state index contributed by atoms with van der Waals surface area (Å²) in [5.41, 5.74) is 4.88. The van der Waals surface area contributed by atoms with Crippen molar-refractivity contribution in [2.75, 3.05) is 0 Å². The van der Waals surface area contributed by atoms with Crippen LogP contribution in [0.2, 0.25) is 0 Å². The average molecular weight is 379 g/mol. The van der Waals surface area contributed by atoms with Crippen molar-refractivity contribution in [2.24, 2.45) is 16.7 Å². The van der Waals surface area contributed by atoms with Gasteiger partial charge in [-0.2, -0.15) is 0 Å². The molecule has 2 atom stereocenters. The Bertz CT molecular complexity index is 644. The van der Waals surface area contributed by atoms with Gasteiger partial charge in [-0.25, -0.2) is 0 Å². The largest absolute Gasteiger partial charge is 0.0620 e. The van der Waals surface area contributed by atoms with E-state index < -0.39 is 0 Å². The van der Waals surface area contributed by atoms with Crippen LogP contribution in [0.15, 0.2) is 24.3 Å². The Morgan fingerprint density at radius 1 is 0.679 bits per heavy atom. The molecule has 1 aromatic carbocycles. The molecular formula is C28H42. The Balaban J connectivity index is 1.21. The molecule has 0 nitrogen and oxygen atoms in total. The first kappa shape index (κ1) is 19.2. The molecule has 0 amide bonds. The van der Waals surface area contributed by atoms with Crippen LogP contribution < -0.4 is 0 Å². The van der Waals surface area contributed by atoms with Gasteiger partial charge in [0.05, 0.1) is 0 Å². The monoisotopic (exact) mass is 378 g/mol. The van der Waals surface area contributed by atoms with E-state index in [4.69, 9.17) is 0 Å². The quantitative estimate of drug-likeness (QED) is 0.450. The summed E-state index contributed by atoms with van der Waals surface area (Å²) < 4.78 is 0. The second-order valence-electron chi connectivity index (χ2n) is 11.1. The molecule has 5 rings (SSSR count). The van der Waals surface area contributed by atoms with Crippen LogP contribution in [0.25, 0.3) is 0 Å². The molecule has 4 aliphatic carbocycles. The van der Waals surface area contributed by atoms with Gasteiger partial charge in [0.15, 0.2) is 0 Å². The lowest BCUT2D eigenvalue weighted by Crippen LogP contribution is -2.29. The minimum Gasteiger partial charge on any atom is -0.0620 e. The van der Waals surface area contributed by atoms with Crippen molar-refractivity contribution in [3.8, 4) is 0 Å². The van der Waals surface area contributed by atoms with Crippen LogP contribution in [0.1, 0.15) is 126 Å². The van der Waals surface area contributed by atoms with E-state index in [-0.39, 0.29) is 0 Å². The van der Waals surface area contributed by atoms with Crippen LogP contribution in [0.3, 0.4) is 0 Å². The van der Waals surface area contributed by atoms with Crippen molar-refractivity contribution in [3.63, 3.8) is 0 Å². The number of unbranched alkanes of at least 4 members (excludes halogenated alkanes) is 1. The van der Waals surface area contributed by atoms with Crippen molar-refractivity contribution in [1.29, 1.82) is 0 Å². The van der Waals surface area contributed by atoms with Crippen molar-refractivity contribution in [3.05, 3.63) is 35.4 Å². The molecule has 2 spiro atoms. The summed E-state index contributed by atoms with van der Waals surface area (Å²) in [7, 11) is 0. The summed E-state index contributed by atoms with van der Waals surface area (Å²) in [4.78, 5) is 0. The number of benzene rings is 1. The first-order valence-electron chi connectivity index (χ1n) is 12.9. The van der Waals surface area contributed by atoms with Crippen molar-refractivity contribution in [2.45, 2.75) is 121 Å². The molecule has 0 bridgehead atoms. The van der Waals surface area contributed by atoms with Gasteiger partial charge in [-0.3, -0.25) is 0 Å². The minimum atomic E-state index is 0.639. The topological polar surface area (TPSA) is 0 Å². The van der Waals surface area contributed by atoms with Gasteiger partial charge in [0.25, 0.3) is 0 Å². The third-order valence-corrected chi connectivity index (χ3v) is 9.80. The SMILES string of the molecule is c1ccc2c(c1)CC1(CCCCC1)C2CCCCC1CCCC12CCCCC2. The maximum Gasteiger partial charge on any atom is -0.00994 e. The zero-order valence-electron chi connectivity index (χ0n) is 18.2. The van der Waals surface area contributed by atoms with Gasteiger partial charge in [-0.1, -0.05) is 82.1 Å². The molecular weight excluding hydrogens is 336 g/mol. The van der Waals surface area contributed by atoms with Crippen LogP contribution in [-0.4, -0.2) is 0 Å². The van der Waals surface area contributed by atoms with Crippen LogP contribution in [0.4, 0.5) is 0 Å². The first-order chi connectivity index (χ1) is 13.8. The number of hydrogen-bond donors (Lipinski definition) is 0. The lowest BCUT2D eigenvalue weighted by Gasteiger charge is -2.40. The molecule has 0 radical (unpaired) electrons. The van der Waals surface area contributed by atoms with Gasteiger partial charge in [0, 0.05) is 0 Å². The maximum absolute atomic E-state index is 2.48. The van der Waals surface area contributed by atoms with Crippen molar-refractivity contribution < 1.29 is 0 Å². The van der Waals surface area contributed by atoms with E-state index in [2.05, 4.69) is 24.3 Å². The van der Waals surface area contributed by atoms with Gasteiger partial charge in [0.1, 0.15) is 0 Å². The molecule has 154 valence electrons. The molecule has 0 aliphatic heterocycles. The molecule has 3 saturated carbocycles. The Morgan fingerprint density at radius 3 is 2.11 bits per heavy atom. The Kier molecular flexibility index (Phi) is 5.59. The zero-order valence-corrected chi connectivity index (χ0v) is 18.2. The highest BCUT2D eigenvalue weighted by Gasteiger charge is 2.46. The van der Waals surface area contributed by atoms with Gasteiger partial charge < -0.3 is 0 Å². The van der Waals surface area contributed by atoms with Gasteiger partial charge in [0.2, 0.25) is 0 Å². The highest BCUT2D eigenvalue weighted by molar-refractivity contribution is 5.39. The molecule has 0 heterocycles. The lowest BCUT2D eigenvalue weighted by molar-refractivity contribution is 0.116. The van der Waals surface area contributed by atoms with E-state index in [0.29, 0.717) is 5.41 Å². The smallest absolute Gasteiger partial charge is 0.00994 e.